The van der Waals surface area contributed by atoms with Gasteiger partial charge in [-0.3, -0.25) is 4.79 Å². The Morgan fingerprint density at radius 1 is 1.30 bits per heavy atom. The third-order valence-corrected chi connectivity index (χ3v) is 8.45. The van der Waals surface area contributed by atoms with Crippen molar-refractivity contribution < 1.29 is 14.7 Å². The van der Waals surface area contributed by atoms with E-state index < -0.39 is 5.60 Å². The highest BCUT2D eigenvalue weighted by atomic mass is 16.6. The molecule has 0 heterocycles. The van der Waals surface area contributed by atoms with E-state index in [0.29, 0.717) is 23.7 Å². The van der Waals surface area contributed by atoms with Gasteiger partial charge in [0.2, 0.25) is 0 Å². The Hall–Kier alpha value is -1.76. The molecule has 0 aromatic rings. The minimum atomic E-state index is -0.720. The van der Waals surface area contributed by atoms with Gasteiger partial charge in [0, 0.05) is 12.3 Å². The van der Waals surface area contributed by atoms with E-state index >= 15 is 0 Å². The Balaban J connectivity index is 1.66. The third-order valence-electron chi connectivity index (χ3n) is 8.45. The minimum Gasteiger partial charge on any atom is -0.445 e. The Bertz CT molecular complexity index is 732. The van der Waals surface area contributed by atoms with Gasteiger partial charge in [-0.1, -0.05) is 23.6 Å². The third kappa shape index (κ3) is 2.57. The quantitative estimate of drug-likeness (QED) is 0.332. The van der Waals surface area contributed by atoms with Crippen LogP contribution in [0.5, 0.6) is 0 Å². The molecular weight excluding hydrogens is 338 g/mol. The number of hydrogen-bond acceptors (Lipinski definition) is 4. The maximum atomic E-state index is 11.9. The van der Waals surface area contributed by atoms with Crippen molar-refractivity contribution in [2.75, 3.05) is 0 Å². The number of terminal acetylenes is 1. The van der Waals surface area contributed by atoms with E-state index in [1.165, 1.54) is 18.9 Å². The summed E-state index contributed by atoms with van der Waals surface area (Å²) in [5, 5.41) is 12.6. The van der Waals surface area contributed by atoms with E-state index in [1.54, 1.807) is 0 Å². The monoisotopic (exact) mass is 369 g/mol. The molecule has 4 aliphatic rings. The van der Waals surface area contributed by atoms with E-state index in [0.717, 1.165) is 57.1 Å². The van der Waals surface area contributed by atoms with Gasteiger partial charge in [0.05, 0.1) is 5.71 Å². The van der Waals surface area contributed by atoms with Crippen molar-refractivity contribution in [2.24, 2.45) is 34.2 Å². The van der Waals surface area contributed by atoms with Gasteiger partial charge in [-0.05, 0) is 87.5 Å². The van der Waals surface area contributed by atoms with Crippen molar-refractivity contribution in [2.45, 2.75) is 77.2 Å². The van der Waals surface area contributed by atoms with Crippen molar-refractivity contribution in [3.63, 3.8) is 0 Å². The molecular formula is C23H31NO3. The predicted octanol–water partition coefficient (Wildman–Crippen LogP) is 4.71. The lowest BCUT2D eigenvalue weighted by atomic mass is 9.49. The van der Waals surface area contributed by atoms with E-state index in [-0.39, 0.29) is 11.4 Å². The highest BCUT2D eigenvalue weighted by molar-refractivity contribution is 5.96. The topological polar surface area (TPSA) is 58.9 Å². The van der Waals surface area contributed by atoms with Gasteiger partial charge in [-0.25, -0.2) is 0 Å². The van der Waals surface area contributed by atoms with Gasteiger partial charge >= 0.3 is 5.97 Å². The second kappa shape index (κ2) is 6.69. The lowest BCUT2D eigenvalue weighted by Crippen LogP contribution is -2.55. The molecule has 0 aromatic carbocycles. The van der Waals surface area contributed by atoms with Crippen molar-refractivity contribution >= 4 is 11.7 Å². The molecule has 4 heteroatoms. The van der Waals surface area contributed by atoms with Gasteiger partial charge in [0.25, 0.3) is 0 Å². The largest absolute Gasteiger partial charge is 0.445 e. The fraction of sp³-hybridized carbons (Fsp3) is 0.739. The zero-order chi connectivity index (χ0) is 19.2. The summed E-state index contributed by atoms with van der Waals surface area (Å²) in [6.45, 7) is 3.72. The summed E-state index contributed by atoms with van der Waals surface area (Å²) >= 11 is 0. The van der Waals surface area contributed by atoms with Crippen molar-refractivity contribution in [3.8, 4) is 12.3 Å². The summed E-state index contributed by atoms with van der Waals surface area (Å²) in [5.74, 6) is 5.25. The number of hydrogen-bond donors (Lipinski definition) is 1. The summed E-state index contributed by atoms with van der Waals surface area (Å²) in [4.78, 5) is 11.9. The first-order chi connectivity index (χ1) is 13.0. The summed E-state index contributed by atoms with van der Waals surface area (Å²) in [6.07, 6.45) is 17.5. The Labute approximate surface area is 162 Å². The Kier molecular flexibility index (Phi) is 4.61. The molecule has 146 valence electrons. The molecule has 0 amide bonds. The molecule has 6 atom stereocenters. The average Bonchev–Trinajstić information content (AvgIpc) is 3.01. The number of esters is 1. The fourth-order valence-electron chi connectivity index (χ4n) is 7.45. The van der Waals surface area contributed by atoms with E-state index in [2.05, 4.69) is 24.1 Å². The fourth-order valence-corrected chi connectivity index (χ4v) is 7.45. The van der Waals surface area contributed by atoms with Gasteiger partial charge in [-0.15, -0.1) is 6.42 Å². The first-order valence-corrected chi connectivity index (χ1v) is 10.6. The summed E-state index contributed by atoms with van der Waals surface area (Å²) in [5.41, 5.74) is 1.53. The van der Waals surface area contributed by atoms with Crippen LogP contribution in [0.2, 0.25) is 0 Å². The molecule has 0 bridgehead atoms. The first kappa shape index (κ1) is 18.6. The number of oxime groups is 1. The number of fused-ring (bicyclic) bond motifs is 5. The zero-order valence-electron chi connectivity index (χ0n) is 16.5. The number of nitrogens with zero attached hydrogens (tertiary/aromatic N) is 1. The lowest BCUT2D eigenvalue weighted by molar-refractivity contribution is -0.170. The van der Waals surface area contributed by atoms with Crippen LogP contribution in [0, 0.1) is 41.4 Å². The highest BCUT2D eigenvalue weighted by Crippen LogP contribution is 2.67. The van der Waals surface area contributed by atoms with Gasteiger partial charge < -0.3 is 9.94 Å². The zero-order valence-corrected chi connectivity index (χ0v) is 16.5. The summed E-state index contributed by atoms with van der Waals surface area (Å²) in [6, 6.07) is 0. The molecule has 4 rings (SSSR count). The van der Waals surface area contributed by atoms with Crippen LogP contribution < -0.4 is 0 Å². The number of rotatable bonds is 2. The molecule has 0 saturated heterocycles. The number of carbonyl (C=O) groups is 1. The number of allylic oxidation sites excluding steroid dienone is 2. The van der Waals surface area contributed by atoms with Crippen LogP contribution in [0.15, 0.2) is 16.8 Å². The van der Waals surface area contributed by atoms with E-state index in [9.17, 15) is 4.79 Å². The Morgan fingerprint density at radius 2 is 2.11 bits per heavy atom. The molecule has 0 radical (unpaired) electrons. The van der Waals surface area contributed by atoms with Gasteiger partial charge in [0.15, 0.2) is 5.60 Å². The van der Waals surface area contributed by atoms with Crippen LogP contribution in [0.25, 0.3) is 0 Å². The van der Waals surface area contributed by atoms with Crippen LogP contribution >= 0.6 is 0 Å². The van der Waals surface area contributed by atoms with Gasteiger partial charge in [-0.2, -0.15) is 0 Å². The molecule has 4 aliphatic carbocycles. The van der Waals surface area contributed by atoms with Crippen molar-refractivity contribution in [1.29, 1.82) is 0 Å². The van der Waals surface area contributed by atoms with Crippen LogP contribution in [0.1, 0.15) is 71.6 Å². The van der Waals surface area contributed by atoms with Crippen molar-refractivity contribution in [1.82, 2.24) is 0 Å². The van der Waals surface area contributed by atoms with E-state index in [1.807, 2.05) is 0 Å². The average molecular weight is 370 g/mol. The summed E-state index contributed by atoms with van der Waals surface area (Å²) in [7, 11) is 0. The SMILES string of the molecule is C#C[C@]1(OC(C)=O)CCC2C3CCC4=C/C(=N/O)CCC4C3CCC21CC. The normalized spacial score (nSPS) is 44.5. The van der Waals surface area contributed by atoms with Crippen LogP contribution in [0.4, 0.5) is 0 Å². The number of carbonyl (C=O) groups excluding carboxylic acids is 1. The maximum absolute atomic E-state index is 11.9. The van der Waals surface area contributed by atoms with Crippen LogP contribution in [-0.4, -0.2) is 22.5 Å². The minimum absolute atomic E-state index is 0.0673. The smallest absolute Gasteiger partial charge is 0.304 e. The molecule has 5 unspecified atom stereocenters. The van der Waals surface area contributed by atoms with Gasteiger partial charge in [0.1, 0.15) is 0 Å². The van der Waals surface area contributed by atoms with Crippen LogP contribution in [0.3, 0.4) is 0 Å². The second-order valence-corrected chi connectivity index (χ2v) is 9.08. The molecule has 1 N–H and O–H groups in total. The summed E-state index contributed by atoms with van der Waals surface area (Å²) < 4.78 is 5.90. The second-order valence-electron chi connectivity index (χ2n) is 9.08. The lowest BCUT2D eigenvalue weighted by Gasteiger charge is -2.56. The number of ether oxygens (including phenoxy) is 1. The molecule has 0 spiro atoms. The Morgan fingerprint density at radius 3 is 2.78 bits per heavy atom. The highest BCUT2D eigenvalue weighted by Gasteiger charge is 2.65. The molecule has 3 saturated carbocycles. The van der Waals surface area contributed by atoms with Crippen molar-refractivity contribution in [3.05, 3.63) is 11.6 Å². The predicted molar refractivity (Wildman–Crippen MR) is 104 cm³/mol. The standard InChI is InChI=1S/C23H31NO3/c1-4-22-12-10-19-18-9-7-17(24-26)14-16(18)6-8-20(19)21(22)11-13-23(22,5-2)27-15(3)25/h2,14,18-21,26H,4,6-13H2,1,3H3/b24-17+/t18?,19?,20?,21?,22?,23-/m0/s1. The van der Waals surface area contributed by atoms with Crippen LogP contribution in [-0.2, 0) is 9.53 Å². The maximum Gasteiger partial charge on any atom is 0.304 e. The molecule has 3 fully saturated rings. The first-order valence-electron chi connectivity index (χ1n) is 10.6. The molecule has 27 heavy (non-hydrogen) atoms. The molecule has 4 nitrogen and oxygen atoms in total. The molecule has 0 aliphatic heterocycles. The molecule has 0 aromatic heterocycles. The van der Waals surface area contributed by atoms with E-state index in [4.69, 9.17) is 16.4 Å².